The van der Waals surface area contributed by atoms with Crippen LogP contribution in [0.5, 0.6) is 0 Å². The van der Waals surface area contributed by atoms with Gasteiger partial charge in [0.15, 0.2) is 5.17 Å². The Morgan fingerprint density at radius 1 is 1.17 bits per heavy atom. The highest BCUT2D eigenvalue weighted by molar-refractivity contribution is 8.15. The van der Waals surface area contributed by atoms with Crippen molar-refractivity contribution in [2.45, 2.75) is 76.0 Å². The van der Waals surface area contributed by atoms with Crippen molar-refractivity contribution in [2.24, 2.45) is 10.9 Å². The molecule has 2 aliphatic heterocycles. The predicted octanol–water partition coefficient (Wildman–Crippen LogP) is 2.95. The van der Waals surface area contributed by atoms with E-state index in [0.29, 0.717) is 18.4 Å². The largest absolute Gasteiger partial charge is 0.343 e. The van der Waals surface area contributed by atoms with Crippen LogP contribution in [-0.4, -0.2) is 46.3 Å². The summed E-state index contributed by atoms with van der Waals surface area (Å²) < 4.78 is 0. The average Bonchev–Trinajstić information content (AvgIpc) is 2.76. The topological polar surface area (TPSA) is 61.8 Å². The van der Waals surface area contributed by atoms with Crippen molar-refractivity contribution < 1.29 is 9.59 Å². The van der Waals surface area contributed by atoms with Gasteiger partial charge in [-0.05, 0) is 31.6 Å². The van der Waals surface area contributed by atoms with Crippen molar-refractivity contribution in [3.8, 4) is 0 Å². The van der Waals surface area contributed by atoms with E-state index in [4.69, 9.17) is 4.99 Å². The number of nitrogens with zero attached hydrogens (tertiary/aromatic N) is 2. The number of carbonyl (C=O) groups is 2. The van der Waals surface area contributed by atoms with E-state index in [1.807, 2.05) is 4.90 Å². The first-order valence-electron chi connectivity index (χ1n) is 9.45. The molecular weight excluding hydrogens is 322 g/mol. The molecule has 3 aliphatic rings. The number of hydrogen-bond donors (Lipinski definition) is 1. The van der Waals surface area contributed by atoms with Crippen LogP contribution in [0.25, 0.3) is 0 Å². The van der Waals surface area contributed by atoms with E-state index in [9.17, 15) is 9.59 Å². The summed E-state index contributed by atoms with van der Waals surface area (Å²) in [5.41, 5.74) is 0. The second-order valence-electron chi connectivity index (χ2n) is 7.44. The molecule has 5 nitrogen and oxygen atoms in total. The van der Waals surface area contributed by atoms with Crippen LogP contribution in [0.3, 0.4) is 0 Å². The molecule has 0 bridgehead atoms. The third-order valence-electron chi connectivity index (χ3n) is 5.40. The minimum absolute atomic E-state index is 0.0499. The van der Waals surface area contributed by atoms with Crippen LogP contribution in [0.1, 0.15) is 64.7 Å². The minimum Gasteiger partial charge on any atom is -0.343 e. The van der Waals surface area contributed by atoms with Gasteiger partial charge in [0.2, 0.25) is 11.8 Å². The molecule has 134 valence electrons. The average molecular weight is 352 g/mol. The summed E-state index contributed by atoms with van der Waals surface area (Å²) >= 11 is 1.45. The lowest BCUT2D eigenvalue weighted by Gasteiger charge is -2.30. The van der Waals surface area contributed by atoms with Gasteiger partial charge in [-0.1, -0.05) is 44.4 Å². The van der Waals surface area contributed by atoms with Crippen molar-refractivity contribution in [1.29, 1.82) is 0 Å². The molecule has 2 heterocycles. The molecule has 0 radical (unpaired) electrons. The summed E-state index contributed by atoms with van der Waals surface area (Å²) in [7, 11) is 0. The first-order chi connectivity index (χ1) is 11.6. The van der Waals surface area contributed by atoms with Crippen LogP contribution in [0.2, 0.25) is 0 Å². The summed E-state index contributed by atoms with van der Waals surface area (Å²) in [6.07, 6.45) is 9.75. The lowest BCUT2D eigenvalue weighted by Crippen LogP contribution is -2.40. The Morgan fingerprint density at radius 2 is 1.83 bits per heavy atom. The lowest BCUT2D eigenvalue weighted by molar-refractivity contribution is -0.134. The molecule has 1 aliphatic carbocycles. The minimum atomic E-state index is -0.304. The summed E-state index contributed by atoms with van der Waals surface area (Å²) in [5, 5.41) is 3.32. The Kier molecular flexibility index (Phi) is 6.19. The first kappa shape index (κ1) is 17.8. The van der Waals surface area contributed by atoms with Crippen molar-refractivity contribution in [3.63, 3.8) is 0 Å². The molecule has 2 amide bonds. The van der Waals surface area contributed by atoms with E-state index in [2.05, 4.69) is 12.2 Å². The zero-order chi connectivity index (χ0) is 16.9. The van der Waals surface area contributed by atoms with Crippen LogP contribution < -0.4 is 5.32 Å². The molecule has 0 aromatic heterocycles. The highest BCUT2D eigenvalue weighted by Crippen LogP contribution is 2.27. The SMILES string of the molecule is CC1CCN(C(=O)CC2SC(=NC3CCCCCC3)NC2=O)CC1. The van der Waals surface area contributed by atoms with Crippen LogP contribution in [0.15, 0.2) is 4.99 Å². The highest BCUT2D eigenvalue weighted by Gasteiger charge is 2.34. The molecule has 0 aromatic rings. The monoisotopic (exact) mass is 351 g/mol. The summed E-state index contributed by atoms with van der Waals surface area (Å²) in [5.74, 6) is 0.771. The molecule has 3 rings (SSSR count). The summed E-state index contributed by atoms with van der Waals surface area (Å²) in [4.78, 5) is 31.3. The van der Waals surface area contributed by atoms with Gasteiger partial charge < -0.3 is 10.2 Å². The molecule has 6 heteroatoms. The third kappa shape index (κ3) is 4.74. The zero-order valence-electron chi connectivity index (χ0n) is 14.6. The second kappa shape index (κ2) is 8.37. The van der Waals surface area contributed by atoms with Gasteiger partial charge in [-0.3, -0.25) is 14.6 Å². The summed E-state index contributed by atoms with van der Waals surface area (Å²) in [6.45, 7) is 3.91. The van der Waals surface area contributed by atoms with Crippen LogP contribution in [-0.2, 0) is 9.59 Å². The van der Waals surface area contributed by atoms with Crippen LogP contribution >= 0.6 is 11.8 Å². The number of carbonyl (C=O) groups excluding carboxylic acids is 2. The van der Waals surface area contributed by atoms with Gasteiger partial charge in [-0.25, -0.2) is 0 Å². The van der Waals surface area contributed by atoms with Gasteiger partial charge in [0, 0.05) is 19.5 Å². The standard InChI is InChI=1S/C18H29N3O2S/c1-13-8-10-21(11-9-13)16(22)12-15-17(23)20-18(24-15)19-14-6-4-2-3-5-7-14/h13-15H,2-12H2,1H3,(H,19,20,23). The molecule has 0 spiro atoms. The molecule has 1 saturated carbocycles. The Balaban J connectivity index is 1.51. The van der Waals surface area contributed by atoms with Gasteiger partial charge in [-0.2, -0.15) is 0 Å². The van der Waals surface area contributed by atoms with E-state index >= 15 is 0 Å². The lowest BCUT2D eigenvalue weighted by atomic mass is 9.99. The zero-order valence-corrected chi connectivity index (χ0v) is 15.4. The van der Waals surface area contributed by atoms with Gasteiger partial charge in [0.25, 0.3) is 0 Å². The van der Waals surface area contributed by atoms with Gasteiger partial charge in [0.05, 0.1) is 6.04 Å². The quantitative estimate of drug-likeness (QED) is 0.795. The predicted molar refractivity (Wildman–Crippen MR) is 98.0 cm³/mol. The Hall–Kier alpha value is -1.04. The Bertz CT molecular complexity index is 492. The van der Waals surface area contributed by atoms with E-state index in [0.717, 1.165) is 43.9 Å². The maximum absolute atomic E-state index is 12.4. The van der Waals surface area contributed by atoms with Crippen molar-refractivity contribution in [3.05, 3.63) is 0 Å². The molecule has 24 heavy (non-hydrogen) atoms. The molecule has 2 saturated heterocycles. The third-order valence-corrected chi connectivity index (χ3v) is 6.49. The smallest absolute Gasteiger partial charge is 0.240 e. The molecule has 1 N–H and O–H groups in total. The van der Waals surface area contributed by atoms with Crippen molar-refractivity contribution in [2.75, 3.05) is 13.1 Å². The normalized spacial score (nSPS) is 28.9. The number of nitrogens with one attached hydrogen (secondary N) is 1. The van der Waals surface area contributed by atoms with Crippen LogP contribution in [0, 0.1) is 5.92 Å². The fourth-order valence-corrected chi connectivity index (χ4v) is 4.73. The van der Waals surface area contributed by atoms with Gasteiger partial charge >= 0.3 is 0 Å². The highest BCUT2D eigenvalue weighted by atomic mass is 32.2. The van der Waals surface area contributed by atoms with Gasteiger partial charge in [0.1, 0.15) is 5.25 Å². The number of likely N-dealkylation sites (tertiary alicyclic amines) is 1. The van der Waals surface area contributed by atoms with Crippen molar-refractivity contribution in [1.82, 2.24) is 10.2 Å². The van der Waals surface area contributed by atoms with Crippen molar-refractivity contribution >= 4 is 28.7 Å². The van der Waals surface area contributed by atoms with Gasteiger partial charge in [-0.15, -0.1) is 0 Å². The molecule has 1 unspecified atom stereocenters. The van der Waals surface area contributed by atoms with E-state index in [1.54, 1.807) is 0 Å². The number of amides is 2. The van der Waals surface area contributed by atoms with E-state index in [1.165, 1.54) is 37.4 Å². The van der Waals surface area contributed by atoms with Crippen LogP contribution in [0.4, 0.5) is 0 Å². The second-order valence-corrected chi connectivity index (χ2v) is 8.63. The maximum Gasteiger partial charge on any atom is 0.240 e. The Morgan fingerprint density at radius 3 is 2.50 bits per heavy atom. The number of rotatable bonds is 3. The number of thioether (sulfide) groups is 1. The first-order valence-corrected chi connectivity index (χ1v) is 10.3. The number of aliphatic imine (C=N–C) groups is 1. The summed E-state index contributed by atoms with van der Waals surface area (Å²) in [6, 6.07) is 0.341. The number of hydrogen-bond acceptors (Lipinski definition) is 4. The molecule has 1 atom stereocenters. The number of amidine groups is 1. The molecule has 3 fully saturated rings. The fraction of sp³-hybridized carbons (Fsp3) is 0.833. The maximum atomic E-state index is 12.4. The molecular formula is C18H29N3O2S. The van der Waals surface area contributed by atoms with E-state index in [-0.39, 0.29) is 17.1 Å². The Labute approximate surface area is 149 Å². The molecule has 0 aromatic carbocycles. The number of piperidine rings is 1. The fourth-order valence-electron chi connectivity index (χ4n) is 3.70. The van der Waals surface area contributed by atoms with E-state index < -0.39 is 0 Å².